The lowest BCUT2D eigenvalue weighted by Gasteiger charge is -2.21. The lowest BCUT2D eigenvalue weighted by atomic mass is 10.5. The molecule has 0 N–H and O–H groups in total. The average Bonchev–Trinajstić information content (AvgIpc) is 1.98. The first-order chi connectivity index (χ1) is 5.69. The van der Waals surface area contributed by atoms with Gasteiger partial charge in [0.2, 0.25) is 0 Å². The molecule has 1 atom stereocenters. The third kappa shape index (κ3) is 1.52. The van der Waals surface area contributed by atoms with E-state index in [0.717, 1.165) is 0 Å². The summed E-state index contributed by atoms with van der Waals surface area (Å²) in [5, 5.41) is -0.818. The van der Waals surface area contributed by atoms with Gasteiger partial charge in [-0.3, -0.25) is 0 Å². The minimum absolute atomic E-state index is 0.00810. The van der Waals surface area contributed by atoms with Crippen LogP contribution in [-0.2, 0) is 19.7 Å². The van der Waals surface area contributed by atoms with E-state index in [2.05, 4.69) is 0 Å². The number of allylic oxidation sites excluding steroid dienone is 2. The van der Waals surface area contributed by atoms with Gasteiger partial charge in [-0.15, -0.1) is 0 Å². The second-order valence-electron chi connectivity index (χ2n) is 3.25. The van der Waals surface area contributed by atoms with Crippen molar-refractivity contribution in [3.63, 3.8) is 0 Å². The lowest BCUT2D eigenvalue weighted by molar-refractivity contribution is 0.579. The zero-order valence-corrected chi connectivity index (χ0v) is 9.37. The molecule has 4 nitrogen and oxygen atoms in total. The van der Waals surface area contributed by atoms with Gasteiger partial charge in [0.1, 0.15) is 0 Å². The van der Waals surface area contributed by atoms with E-state index in [4.69, 9.17) is 0 Å². The Kier molecular flexibility index (Phi) is 2.32. The lowest BCUT2D eigenvalue weighted by Crippen LogP contribution is -2.33. The van der Waals surface area contributed by atoms with Crippen LogP contribution >= 0.6 is 0 Å². The normalized spacial score (nSPS) is 31.8. The third-order valence-electron chi connectivity index (χ3n) is 2.37. The van der Waals surface area contributed by atoms with Crippen LogP contribution in [0.3, 0.4) is 0 Å². The van der Waals surface area contributed by atoms with Gasteiger partial charge in [-0.2, -0.15) is 0 Å². The Morgan fingerprint density at radius 1 is 1.08 bits per heavy atom. The Hall–Kier alpha value is -0.360. The molecule has 0 aromatic rings. The maximum absolute atomic E-state index is 11.5. The van der Waals surface area contributed by atoms with Crippen LogP contribution in [0.2, 0.25) is 0 Å². The maximum atomic E-state index is 11.5. The van der Waals surface area contributed by atoms with Crippen molar-refractivity contribution in [2.45, 2.75) is 26.0 Å². The van der Waals surface area contributed by atoms with Gasteiger partial charge in [-0.25, -0.2) is 16.8 Å². The maximum Gasteiger partial charge on any atom is 0.178 e. The predicted octanol–water partition coefficient (Wildman–Crippen LogP) is 0.470. The summed E-state index contributed by atoms with van der Waals surface area (Å²) in [5.41, 5.74) is 0. The molecule has 76 valence electrons. The predicted molar refractivity (Wildman–Crippen MR) is 50.5 cm³/mol. The molecule has 0 fully saturated rings. The van der Waals surface area contributed by atoms with Crippen LogP contribution in [0.25, 0.3) is 0 Å². The first-order valence-corrected chi connectivity index (χ1v) is 7.03. The Labute approximate surface area is 78.5 Å². The van der Waals surface area contributed by atoms with Crippen molar-refractivity contribution in [1.82, 2.24) is 0 Å². The highest BCUT2D eigenvalue weighted by molar-refractivity contribution is 8.02. The zero-order valence-electron chi connectivity index (χ0n) is 7.73. The summed E-state index contributed by atoms with van der Waals surface area (Å²) in [6, 6.07) is 0. The van der Waals surface area contributed by atoms with Crippen LogP contribution in [0, 0.1) is 0 Å². The van der Waals surface area contributed by atoms with E-state index in [0.29, 0.717) is 0 Å². The summed E-state index contributed by atoms with van der Waals surface area (Å²) < 4.78 is 45.7. The Balaban J connectivity index is 3.56. The molecule has 0 aromatic heterocycles. The second kappa shape index (κ2) is 2.81. The van der Waals surface area contributed by atoms with Crippen molar-refractivity contribution in [2.24, 2.45) is 0 Å². The van der Waals surface area contributed by atoms with Gasteiger partial charge >= 0.3 is 0 Å². The molecule has 1 aliphatic heterocycles. The Bertz CT molecular complexity index is 453. The Morgan fingerprint density at radius 2 is 1.54 bits per heavy atom. The van der Waals surface area contributed by atoms with Crippen LogP contribution in [0.1, 0.15) is 20.8 Å². The largest absolute Gasteiger partial charge is 0.224 e. The molecule has 0 bridgehead atoms. The SMILES string of the molecule is CC1=C(C)S(=O)(=O)C(C)CS1(=O)=O. The van der Waals surface area contributed by atoms with Gasteiger partial charge in [0.25, 0.3) is 0 Å². The van der Waals surface area contributed by atoms with E-state index in [1.165, 1.54) is 20.8 Å². The van der Waals surface area contributed by atoms with Crippen LogP contribution < -0.4 is 0 Å². The van der Waals surface area contributed by atoms with Crippen LogP contribution in [0.4, 0.5) is 0 Å². The molecule has 0 saturated carbocycles. The second-order valence-corrected chi connectivity index (χ2v) is 7.93. The molecule has 0 aromatic carbocycles. The third-order valence-corrected chi connectivity index (χ3v) is 7.28. The van der Waals surface area contributed by atoms with Crippen molar-refractivity contribution < 1.29 is 16.8 Å². The number of sulfone groups is 2. The van der Waals surface area contributed by atoms with Gasteiger partial charge in [-0.1, -0.05) is 0 Å². The zero-order chi connectivity index (χ0) is 10.4. The van der Waals surface area contributed by atoms with E-state index < -0.39 is 24.9 Å². The van der Waals surface area contributed by atoms with E-state index in [1.54, 1.807) is 0 Å². The summed E-state index contributed by atoms with van der Waals surface area (Å²) in [7, 11) is -6.69. The minimum atomic E-state index is -3.36. The highest BCUT2D eigenvalue weighted by Gasteiger charge is 2.37. The molecule has 1 rings (SSSR count). The highest BCUT2D eigenvalue weighted by Crippen LogP contribution is 2.28. The molecule has 1 heterocycles. The van der Waals surface area contributed by atoms with Crippen molar-refractivity contribution >= 4 is 19.7 Å². The van der Waals surface area contributed by atoms with Crippen LogP contribution in [0.5, 0.6) is 0 Å². The average molecular weight is 224 g/mol. The smallest absolute Gasteiger partial charge is 0.178 e. The molecule has 0 spiro atoms. The number of hydrogen-bond acceptors (Lipinski definition) is 4. The summed E-state index contributed by atoms with van der Waals surface area (Å²) in [4.78, 5) is -0.0168. The first kappa shape index (κ1) is 10.7. The van der Waals surface area contributed by atoms with E-state index in [-0.39, 0.29) is 15.6 Å². The minimum Gasteiger partial charge on any atom is -0.224 e. The van der Waals surface area contributed by atoms with Crippen LogP contribution in [-0.4, -0.2) is 27.8 Å². The monoisotopic (exact) mass is 224 g/mol. The molecule has 0 saturated heterocycles. The number of hydrogen-bond donors (Lipinski definition) is 0. The van der Waals surface area contributed by atoms with E-state index in [9.17, 15) is 16.8 Å². The van der Waals surface area contributed by atoms with Gasteiger partial charge < -0.3 is 0 Å². The first-order valence-electron chi connectivity index (χ1n) is 3.83. The molecule has 13 heavy (non-hydrogen) atoms. The fourth-order valence-corrected chi connectivity index (χ4v) is 5.54. The standard InChI is InChI=1S/C7H12O4S2/c1-5-4-12(8,9)6(2)7(3)13(5,10)11/h5H,4H2,1-3H3. The summed E-state index contributed by atoms with van der Waals surface area (Å²) >= 11 is 0. The van der Waals surface area contributed by atoms with Gasteiger partial charge in [0, 0.05) is 0 Å². The molecular weight excluding hydrogens is 212 g/mol. The molecule has 0 radical (unpaired) electrons. The highest BCUT2D eigenvalue weighted by atomic mass is 32.2. The molecule has 0 amide bonds. The molecule has 0 aliphatic carbocycles. The Morgan fingerprint density at radius 3 is 2.00 bits per heavy atom. The van der Waals surface area contributed by atoms with Crippen molar-refractivity contribution in [1.29, 1.82) is 0 Å². The van der Waals surface area contributed by atoms with Crippen molar-refractivity contribution in [2.75, 3.05) is 5.75 Å². The van der Waals surface area contributed by atoms with Crippen LogP contribution in [0.15, 0.2) is 9.81 Å². The van der Waals surface area contributed by atoms with E-state index >= 15 is 0 Å². The van der Waals surface area contributed by atoms with Gasteiger partial charge in [0.05, 0.1) is 20.8 Å². The topological polar surface area (TPSA) is 68.3 Å². The molecule has 1 aliphatic rings. The fraction of sp³-hybridized carbons (Fsp3) is 0.714. The molecular formula is C7H12O4S2. The van der Waals surface area contributed by atoms with Gasteiger partial charge in [-0.05, 0) is 20.8 Å². The van der Waals surface area contributed by atoms with Gasteiger partial charge in [0.15, 0.2) is 19.7 Å². The van der Waals surface area contributed by atoms with Crippen molar-refractivity contribution in [3.8, 4) is 0 Å². The molecule has 6 heteroatoms. The summed E-state index contributed by atoms with van der Waals surface area (Å²) in [6.07, 6.45) is 0. The number of rotatable bonds is 0. The fourth-order valence-electron chi connectivity index (χ4n) is 1.24. The van der Waals surface area contributed by atoms with E-state index in [1.807, 2.05) is 0 Å². The summed E-state index contributed by atoms with van der Waals surface area (Å²) in [6.45, 7) is 4.11. The molecule has 1 unspecified atom stereocenters. The quantitative estimate of drug-likeness (QED) is 0.600. The van der Waals surface area contributed by atoms with Crippen molar-refractivity contribution in [3.05, 3.63) is 9.81 Å². The summed E-state index contributed by atoms with van der Waals surface area (Å²) in [5.74, 6) is -0.293.